The number of amides is 1. The second-order valence-corrected chi connectivity index (χ2v) is 8.95. The molecule has 4 heteroatoms. The van der Waals surface area contributed by atoms with Gasteiger partial charge in [-0.05, 0) is 60.8 Å². The third-order valence-electron chi connectivity index (χ3n) is 6.73. The molecule has 0 spiro atoms. The van der Waals surface area contributed by atoms with E-state index in [0.717, 1.165) is 44.4 Å². The molecule has 2 aromatic carbocycles. The Morgan fingerprint density at radius 3 is 2.30 bits per heavy atom. The third-order valence-corrected chi connectivity index (χ3v) is 6.73. The minimum Gasteiger partial charge on any atom is -0.333 e. The van der Waals surface area contributed by atoms with Gasteiger partial charge in [-0.25, -0.2) is 0 Å². The van der Waals surface area contributed by atoms with Crippen molar-refractivity contribution in [3.8, 4) is 11.1 Å². The van der Waals surface area contributed by atoms with E-state index in [1.807, 2.05) is 11.1 Å². The van der Waals surface area contributed by atoms with E-state index in [-0.39, 0.29) is 18.0 Å². The molecule has 4 nitrogen and oxygen atoms in total. The van der Waals surface area contributed by atoms with E-state index in [0.29, 0.717) is 5.92 Å². The molecule has 154 valence electrons. The van der Waals surface area contributed by atoms with E-state index in [4.69, 9.17) is 10.7 Å². The topological polar surface area (TPSA) is 58.7 Å². The summed E-state index contributed by atoms with van der Waals surface area (Å²) in [5, 5.41) is 0. The summed E-state index contributed by atoms with van der Waals surface area (Å²) in [7, 11) is 0. The van der Waals surface area contributed by atoms with Crippen LogP contribution < -0.4 is 5.73 Å². The van der Waals surface area contributed by atoms with Crippen LogP contribution in [0.1, 0.15) is 43.2 Å². The van der Waals surface area contributed by atoms with Gasteiger partial charge in [-0.15, -0.1) is 0 Å². The lowest BCUT2D eigenvalue weighted by atomic mass is 9.96. The summed E-state index contributed by atoms with van der Waals surface area (Å²) in [6.45, 7) is 2.92. The number of benzene rings is 2. The molecule has 2 fully saturated rings. The van der Waals surface area contributed by atoms with Crippen molar-refractivity contribution in [2.75, 3.05) is 6.54 Å². The van der Waals surface area contributed by atoms with Gasteiger partial charge in [0.05, 0.1) is 12.1 Å². The number of aliphatic imine (C=N–C) groups is 1. The number of hydrogen-bond acceptors (Lipinski definition) is 3. The molecule has 0 radical (unpaired) electrons. The number of allylic oxidation sites excluding steroid dienone is 1. The van der Waals surface area contributed by atoms with Crippen LogP contribution in [0.3, 0.4) is 0 Å². The van der Waals surface area contributed by atoms with Crippen LogP contribution in [0, 0.1) is 12.8 Å². The number of aryl methyl sites for hydroxylation is 1. The summed E-state index contributed by atoms with van der Waals surface area (Å²) >= 11 is 0. The monoisotopic (exact) mass is 399 g/mol. The fraction of sp³-hybridized carbons (Fsp3) is 0.385. The van der Waals surface area contributed by atoms with Crippen molar-refractivity contribution in [1.82, 2.24) is 4.90 Å². The Kier molecular flexibility index (Phi) is 5.03. The van der Waals surface area contributed by atoms with Crippen LogP contribution in [0.15, 0.2) is 59.7 Å². The van der Waals surface area contributed by atoms with Crippen molar-refractivity contribution in [2.24, 2.45) is 16.6 Å². The van der Waals surface area contributed by atoms with E-state index >= 15 is 0 Å². The predicted molar refractivity (Wildman–Crippen MR) is 122 cm³/mol. The van der Waals surface area contributed by atoms with Gasteiger partial charge in [0.25, 0.3) is 0 Å². The summed E-state index contributed by atoms with van der Waals surface area (Å²) in [6.07, 6.45) is 7.02. The summed E-state index contributed by atoms with van der Waals surface area (Å²) in [4.78, 5) is 19.6. The highest BCUT2D eigenvalue weighted by molar-refractivity contribution is 6.03. The van der Waals surface area contributed by atoms with Crippen molar-refractivity contribution in [3.05, 3.63) is 65.9 Å². The minimum atomic E-state index is -0.325. The molecule has 1 saturated carbocycles. The molecule has 2 atom stereocenters. The maximum Gasteiger partial charge on any atom is 0.240 e. The molecule has 1 aliphatic carbocycles. The molecule has 2 aliphatic heterocycles. The van der Waals surface area contributed by atoms with Crippen LogP contribution in [0.5, 0.6) is 0 Å². The molecule has 3 aliphatic rings. The third kappa shape index (κ3) is 3.72. The fourth-order valence-corrected chi connectivity index (χ4v) is 4.68. The SMILES string of the molecule is Cc1ccc(-c2ccc(C3=CN=C([C@@H]4CCCN4C(=O)[C@@H](N)C4CC4)C3)cc2)cc1. The molecule has 0 aromatic heterocycles. The van der Waals surface area contributed by atoms with Gasteiger partial charge < -0.3 is 10.6 Å². The molecule has 30 heavy (non-hydrogen) atoms. The Balaban J connectivity index is 1.26. The van der Waals surface area contributed by atoms with E-state index in [2.05, 4.69) is 55.5 Å². The highest BCUT2D eigenvalue weighted by Gasteiger charge is 2.40. The number of carbonyl (C=O) groups is 1. The van der Waals surface area contributed by atoms with Gasteiger partial charge in [0.1, 0.15) is 0 Å². The lowest BCUT2D eigenvalue weighted by Gasteiger charge is -2.27. The molecular weight excluding hydrogens is 370 g/mol. The first kappa shape index (κ1) is 19.3. The van der Waals surface area contributed by atoms with Gasteiger partial charge in [-0.3, -0.25) is 9.79 Å². The molecule has 2 heterocycles. The fourth-order valence-electron chi connectivity index (χ4n) is 4.68. The molecule has 5 rings (SSSR count). The van der Waals surface area contributed by atoms with Crippen LogP contribution in [0.4, 0.5) is 0 Å². The summed E-state index contributed by atoms with van der Waals surface area (Å²) in [5.74, 6) is 0.517. The zero-order valence-electron chi connectivity index (χ0n) is 17.6. The second kappa shape index (κ2) is 7.84. The number of nitrogens with two attached hydrogens (primary N) is 1. The maximum absolute atomic E-state index is 12.9. The standard InChI is InChI=1S/C26H29N3O/c1-17-4-6-18(7-5-17)19-8-10-20(11-9-19)22-15-23(28-16-22)24-3-2-14-29(24)26(30)25(27)21-12-13-21/h4-11,16,21,24-25H,2-3,12-15,27H2,1H3/t24-,25-/m0/s1. The van der Waals surface area contributed by atoms with Gasteiger partial charge in [0.15, 0.2) is 0 Å². The minimum absolute atomic E-state index is 0.114. The van der Waals surface area contributed by atoms with Crippen molar-refractivity contribution in [3.63, 3.8) is 0 Å². The zero-order valence-corrected chi connectivity index (χ0v) is 17.6. The highest BCUT2D eigenvalue weighted by Crippen LogP contribution is 2.35. The first-order chi connectivity index (χ1) is 14.6. The normalized spacial score (nSPS) is 22.1. The average Bonchev–Trinajstić information content (AvgIpc) is 3.30. The van der Waals surface area contributed by atoms with E-state index in [1.165, 1.54) is 27.8 Å². The maximum atomic E-state index is 12.9. The Morgan fingerprint density at radius 2 is 1.63 bits per heavy atom. The van der Waals surface area contributed by atoms with E-state index in [1.54, 1.807) is 0 Å². The Hall–Kier alpha value is -2.72. The van der Waals surface area contributed by atoms with Crippen LogP contribution >= 0.6 is 0 Å². The van der Waals surface area contributed by atoms with E-state index in [9.17, 15) is 4.79 Å². The zero-order chi connectivity index (χ0) is 20.7. The van der Waals surface area contributed by atoms with Crippen molar-refractivity contribution in [2.45, 2.75) is 51.1 Å². The molecule has 1 amide bonds. The first-order valence-corrected chi connectivity index (χ1v) is 11.1. The van der Waals surface area contributed by atoms with Crippen molar-refractivity contribution in [1.29, 1.82) is 0 Å². The summed E-state index contributed by atoms with van der Waals surface area (Å²) < 4.78 is 0. The van der Waals surface area contributed by atoms with Crippen molar-refractivity contribution >= 4 is 17.2 Å². The highest BCUT2D eigenvalue weighted by atomic mass is 16.2. The number of rotatable bonds is 5. The molecule has 2 aromatic rings. The predicted octanol–water partition coefficient (Wildman–Crippen LogP) is 4.58. The summed E-state index contributed by atoms with van der Waals surface area (Å²) in [6, 6.07) is 17.1. The number of likely N-dealkylation sites (tertiary alicyclic amines) is 1. The molecule has 0 unspecified atom stereocenters. The molecule has 2 N–H and O–H groups in total. The Morgan fingerprint density at radius 1 is 1.00 bits per heavy atom. The van der Waals surface area contributed by atoms with Gasteiger partial charge in [0.2, 0.25) is 5.91 Å². The molecule has 1 saturated heterocycles. The van der Waals surface area contributed by atoms with Crippen LogP contribution in [-0.4, -0.2) is 35.1 Å². The second-order valence-electron chi connectivity index (χ2n) is 8.95. The largest absolute Gasteiger partial charge is 0.333 e. The van der Waals surface area contributed by atoms with Crippen LogP contribution in [-0.2, 0) is 4.79 Å². The Labute approximate surface area is 178 Å². The van der Waals surface area contributed by atoms with Crippen LogP contribution in [0.25, 0.3) is 16.7 Å². The number of nitrogens with zero attached hydrogens (tertiary/aromatic N) is 2. The summed E-state index contributed by atoms with van der Waals surface area (Å²) in [5.41, 5.74) is 13.5. The molecule has 0 bridgehead atoms. The van der Waals surface area contributed by atoms with Crippen molar-refractivity contribution < 1.29 is 4.79 Å². The van der Waals surface area contributed by atoms with Crippen LogP contribution in [0.2, 0.25) is 0 Å². The van der Waals surface area contributed by atoms with Gasteiger partial charge >= 0.3 is 0 Å². The van der Waals surface area contributed by atoms with Gasteiger partial charge in [-0.1, -0.05) is 54.1 Å². The first-order valence-electron chi connectivity index (χ1n) is 11.1. The lowest BCUT2D eigenvalue weighted by Crippen LogP contribution is -2.49. The smallest absolute Gasteiger partial charge is 0.240 e. The average molecular weight is 400 g/mol. The molecular formula is C26H29N3O. The Bertz CT molecular complexity index is 1000. The number of hydrogen-bond donors (Lipinski definition) is 1. The van der Waals surface area contributed by atoms with Gasteiger partial charge in [-0.2, -0.15) is 0 Å². The quantitative estimate of drug-likeness (QED) is 0.800. The number of carbonyl (C=O) groups excluding carboxylic acids is 1. The van der Waals surface area contributed by atoms with E-state index < -0.39 is 0 Å². The lowest BCUT2D eigenvalue weighted by molar-refractivity contribution is -0.132. The van der Waals surface area contributed by atoms with Gasteiger partial charge in [0, 0.05) is 24.9 Å².